The molecular formula is C16H21NOS. The number of aliphatic hydroxyl groups excluding tert-OH is 1. The highest BCUT2D eigenvalue weighted by Gasteiger charge is 2.29. The Morgan fingerprint density at radius 2 is 1.84 bits per heavy atom. The van der Waals surface area contributed by atoms with Gasteiger partial charge >= 0.3 is 0 Å². The van der Waals surface area contributed by atoms with Crippen LogP contribution in [0.3, 0.4) is 0 Å². The second-order valence-electron chi connectivity index (χ2n) is 5.81. The van der Waals surface area contributed by atoms with Crippen LogP contribution in [0.5, 0.6) is 0 Å². The largest absolute Gasteiger partial charge is 0.384 e. The monoisotopic (exact) mass is 275 g/mol. The van der Waals surface area contributed by atoms with Gasteiger partial charge in [-0.25, -0.2) is 0 Å². The molecule has 19 heavy (non-hydrogen) atoms. The molecule has 2 aliphatic rings. The van der Waals surface area contributed by atoms with E-state index >= 15 is 0 Å². The van der Waals surface area contributed by atoms with E-state index in [1.807, 2.05) is 0 Å². The van der Waals surface area contributed by atoms with E-state index < -0.39 is 0 Å². The number of thiophene rings is 1. The van der Waals surface area contributed by atoms with E-state index in [4.69, 9.17) is 5.11 Å². The smallest absolute Gasteiger partial charge is 0.104 e. The molecule has 2 aliphatic carbocycles. The van der Waals surface area contributed by atoms with Crippen molar-refractivity contribution in [2.24, 2.45) is 11.8 Å². The molecule has 0 bridgehead atoms. The Morgan fingerprint density at radius 3 is 2.42 bits per heavy atom. The number of rotatable bonds is 6. The van der Waals surface area contributed by atoms with E-state index in [0.29, 0.717) is 0 Å². The molecule has 3 heteroatoms. The zero-order chi connectivity index (χ0) is 13.1. The molecule has 1 aromatic heterocycles. The van der Waals surface area contributed by atoms with Gasteiger partial charge in [-0.05, 0) is 49.7 Å². The van der Waals surface area contributed by atoms with E-state index in [0.717, 1.165) is 23.3 Å². The van der Waals surface area contributed by atoms with Gasteiger partial charge in [-0.3, -0.25) is 4.90 Å². The summed E-state index contributed by atoms with van der Waals surface area (Å²) in [6, 6.07) is 4.27. The van der Waals surface area contributed by atoms with Gasteiger partial charge in [0.05, 0.1) is 4.88 Å². The minimum Gasteiger partial charge on any atom is -0.384 e. The average molecular weight is 275 g/mol. The van der Waals surface area contributed by atoms with Crippen molar-refractivity contribution in [1.29, 1.82) is 0 Å². The molecule has 0 amide bonds. The van der Waals surface area contributed by atoms with Gasteiger partial charge in [0.25, 0.3) is 0 Å². The zero-order valence-corrected chi connectivity index (χ0v) is 12.1. The number of aliphatic hydroxyl groups is 1. The van der Waals surface area contributed by atoms with Crippen molar-refractivity contribution in [3.63, 3.8) is 0 Å². The first kappa shape index (κ1) is 13.2. The van der Waals surface area contributed by atoms with Crippen molar-refractivity contribution in [3.05, 3.63) is 21.9 Å². The molecule has 2 fully saturated rings. The third-order valence-corrected chi connectivity index (χ3v) is 4.74. The van der Waals surface area contributed by atoms with Crippen LogP contribution in [-0.2, 0) is 6.54 Å². The van der Waals surface area contributed by atoms with Gasteiger partial charge in [0.15, 0.2) is 0 Å². The summed E-state index contributed by atoms with van der Waals surface area (Å²) in [5.41, 5.74) is 0. The van der Waals surface area contributed by atoms with Gasteiger partial charge in [-0.15, -0.1) is 11.3 Å². The third-order valence-electron chi connectivity index (χ3n) is 3.76. The lowest BCUT2D eigenvalue weighted by Gasteiger charge is -2.21. The topological polar surface area (TPSA) is 23.5 Å². The molecule has 102 valence electrons. The first-order valence-corrected chi connectivity index (χ1v) is 8.06. The summed E-state index contributed by atoms with van der Waals surface area (Å²) in [4.78, 5) is 5.12. The predicted molar refractivity (Wildman–Crippen MR) is 79.0 cm³/mol. The van der Waals surface area contributed by atoms with Gasteiger partial charge in [0.1, 0.15) is 6.61 Å². The van der Waals surface area contributed by atoms with Crippen LogP contribution in [0.15, 0.2) is 12.1 Å². The fraction of sp³-hybridized carbons (Fsp3) is 0.625. The highest BCUT2D eigenvalue weighted by atomic mass is 32.1. The Kier molecular flexibility index (Phi) is 4.22. The van der Waals surface area contributed by atoms with E-state index in [1.54, 1.807) is 11.3 Å². The van der Waals surface area contributed by atoms with Gasteiger partial charge in [0, 0.05) is 24.5 Å². The molecule has 0 radical (unpaired) electrons. The lowest BCUT2D eigenvalue weighted by molar-refractivity contribution is 0.246. The molecule has 3 rings (SSSR count). The van der Waals surface area contributed by atoms with Crippen LogP contribution >= 0.6 is 11.3 Å². The average Bonchev–Trinajstić information content (AvgIpc) is 3.31. The maximum Gasteiger partial charge on any atom is 0.104 e. The van der Waals surface area contributed by atoms with Gasteiger partial charge in [0.2, 0.25) is 0 Å². The van der Waals surface area contributed by atoms with E-state index in [2.05, 4.69) is 28.9 Å². The van der Waals surface area contributed by atoms with Crippen molar-refractivity contribution in [1.82, 2.24) is 4.90 Å². The molecule has 1 aromatic rings. The summed E-state index contributed by atoms with van der Waals surface area (Å²) >= 11 is 1.77. The van der Waals surface area contributed by atoms with Crippen molar-refractivity contribution in [2.75, 3.05) is 19.7 Å². The molecular weight excluding hydrogens is 254 g/mol. The quantitative estimate of drug-likeness (QED) is 0.807. The SMILES string of the molecule is OCC#Cc1ccc(CN(CC2CC2)CC2CC2)s1. The summed E-state index contributed by atoms with van der Waals surface area (Å²) in [5, 5.41) is 8.71. The van der Waals surface area contributed by atoms with Crippen LogP contribution in [0.25, 0.3) is 0 Å². The maximum atomic E-state index is 8.71. The molecule has 0 aliphatic heterocycles. The highest BCUT2D eigenvalue weighted by Crippen LogP contribution is 2.34. The van der Waals surface area contributed by atoms with Crippen LogP contribution in [0.1, 0.15) is 35.4 Å². The van der Waals surface area contributed by atoms with Crippen LogP contribution in [-0.4, -0.2) is 29.7 Å². The first-order chi connectivity index (χ1) is 9.33. The number of nitrogens with zero attached hydrogens (tertiary/aromatic N) is 1. The van der Waals surface area contributed by atoms with E-state index in [1.165, 1.54) is 43.6 Å². The fourth-order valence-electron chi connectivity index (χ4n) is 2.41. The minimum atomic E-state index is -0.0529. The van der Waals surface area contributed by atoms with Crippen LogP contribution in [0, 0.1) is 23.7 Å². The van der Waals surface area contributed by atoms with Crippen LogP contribution in [0.2, 0.25) is 0 Å². The molecule has 1 heterocycles. The molecule has 2 nitrogen and oxygen atoms in total. The fourth-order valence-corrected chi connectivity index (χ4v) is 3.34. The van der Waals surface area contributed by atoms with Gasteiger partial charge < -0.3 is 5.11 Å². The standard InChI is InChI=1S/C16H21NOS/c18-9-1-2-15-7-8-16(19-15)12-17(10-13-3-4-13)11-14-5-6-14/h7-8,13-14,18H,3-6,9-12H2. The number of hydrogen-bond acceptors (Lipinski definition) is 3. The van der Waals surface area contributed by atoms with Crippen LogP contribution in [0.4, 0.5) is 0 Å². The lowest BCUT2D eigenvalue weighted by atomic mass is 10.3. The lowest BCUT2D eigenvalue weighted by Crippen LogP contribution is -2.27. The van der Waals surface area contributed by atoms with Crippen molar-refractivity contribution >= 4 is 11.3 Å². The molecule has 0 aromatic carbocycles. The normalized spacial score (nSPS) is 18.4. The minimum absolute atomic E-state index is 0.0529. The third kappa shape index (κ3) is 4.35. The molecule has 0 atom stereocenters. The maximum absolute atomic E-state index is 8.71. The molecule has 2 saturated carbocycles. The Balaban J connectivity index is 1.57. The molecule has 1 N–H and O–H groups in total. The van der Waals surface area contributed by atoms with Crippen molar-refractivity contribution in [3.8, 4) is 11.8 Å². The summed E-state index contributed by atoms with van der Waals surface area (Å²) in [5.74, 6) is 7.64. The first-order valence-electron chi connectivity index (χ1n) is 7.24. The van der Waals surface area contributed by atoms with Crippen molar-refractivity contribution in [2.45, 2.75) is 32.2 Å². The molecule has 0 saturated heterocycles. The Morgan fingerprint density at radius 1 is 1.16 bits per heavy atom. The van der Waals surface area contributed by atoms with Crippen LogP contribution < -0.4 is 0 Å². The Labute approximate surface area is 119 Å². The van der Waals surface area contributed by atoms with E-state index in [9.17, 15) is 0 Å². The zero-order valence-electron chi connectivity index (χ0n) is 11.3. The summed E-state index contributed by atoms with van der Waals surface area (Å²) in [6.07, 6.45) is 5.72. The molecule has 0 spiro atoms. The number of hydrogen-bond donors (Lipinski definition) is 1. The van der Waals surface area contributed by atoms with Gasteiger partial charge in [-0.1, -0.05) is 11.8 Å². The molecule has 0 unspecified atom stereocenters. The van der Waals surface area contributed by atoms with E-state index in [-0.39, 0.29) is 6.61 Å². The second-order valence-corrected chi connectivity index (χ2v) is 6.98. The summed E-state index contributed by atoms with van der Waals surface area (Å²) in [7, 11) is 0. The summed E-state index contributed by atoms with van der Waals surface area (Å²) in [6.45, 7) is 3.60. The second kappa shape index (κ2) is 6.09. The Hall–Kier alpha value is -0.820. The Bertz CT molecular complexity index is 462. The van der Waals surface area contributed by atoms with Gasteiger partial charge in [-0.2, -0.15) is 0 Å². The highest BCUT2D eigenvalue weighted by molar-refractivity contribution is 7.12. The van der Waals surface area contributed by atoms with Crippen molar-refractivity contribution < 1.29 is 5.11 Å². The predicted octanol–water partition coefficient (Wildman–Crippen LogP) is 2.71. The summed E-state index contributed by atoms with van der Waals surface area (Å²) < 4.78 is 0.